The zero-order chi connectivity index (χ0) is 20.0. The first kappa shape index (κ1) is 20.6. The third-order valence-corrected chi connectivity index (χ3v) is 4.90. The third-order valence-electron chi connectivity index (χ3n) is 3.98. The molecule has 0 aliphatic carbocycles. The molecular weight excluding hydrogens is 364 g/mol. The molecule has 2 rings (SSSR count). The van der Waals surface area contributed by atoms with Gasteiger partial charge in [-0.05, 0) is 36.3 Å². The summed E-state index contributed by atoms with van der Waals surface area (Å²) in [6.07, 6.45) is 0.331. The van der Waals surface area contributed by atoms with Gasteiger partial charge in [-0.1, -0.05) is 43.7 Å². The molecule has 2 aromatic rings. The fourth-order valence-electron chi connectivity index (χ4n) is 2.62. The van der Waals surface area contributed by atoms with Crippen LogP contribution in [0.2, 0.25) is 0 Å². The van der Waals surface area contributed by atoms with Crippen molar-refractivity contribution in [2.75, 3.05) is 6.54 Å². The lowest BCUT2D eigenvalue weighted by molar-refractivity contribution is -0.142. The normalized spacial score (nSPS) is 11.9. The molecule has 1 atom stereocenters. The first-order chi connectivity index (χ1) is 12.8. The van der Waals surface area contributed by atoms with Crippen LogP contribution in [0.25, 0.3) is 11.1 Å². The van der Waals surface area contributed by atoms with E-state index in [4.69, 9.17) is 0 Å². The van der Waals surface area contributed by atoms with Gasteiger partial charge in [0.05, 0.1) is 11.4 Å². The Balaban J connectivity index is 1.98. The maximum Gasteiger partial charge on any atom is 0.326 e. The van der Waals surface area contributed by atoms with Crippen LogP contribution >= 0.6 is 11.3 Å². The van der Waals surface area contributed by atoms with Crippen LogP contribution in [0.4, 0.5) is 0 Å². The summed E-state index contributed by atoms with van der Waals surface area (Å²) in [6, 6.07) is 8.76. The molecule has 3 N–H and O–H groups in total. The summed E-state index contributed by atoms with van der Waals surface area (Å²) in [5.74, 6) is -1.83. The van der Waals surface area contributed by atoms with Gasteiger partial charge in [-0.2, -0.15) is 0 Å². The van der Waals surface area contributed by atoms with Crippen molar-refractivity contribution < 1.29 is 19.5 Å². The molecular formula is C20H24N2O4S. The zero-order valence-electron chi connectivity index (χ0n) is 15.6. The monoisotopic (exact) mass is 388 g/mol. The summed E-state index contributed by atoms with van der Waals surface area (Å²) in [7, 11) is 0. The SMILES string of the molecule is Cc1ccc(-c2ccsc2C(=O)NCC(=O)N[C@@H](CC(C)C)C(=O)O)cc1. The highest BCUT2D eigenvalue weighted by Gasteiger charge is 2.22. The molecule has 27 heavy (non-hydrogen) atoms. The largest absolute Gasteiger partial charge is 0.480 e. The number of amides is 2. The smallest absolute Gasteiger partial charge is 0.326 e. The van der Waals surface area contributed by atoms with E-state index in [-0.39, 0.29) is 18.4 Å². The number of benzene rings is 1. The predicted octanol–water partition coefficient (Wildman–Crippen LogP) is 3.07. The number of nitrogens with one attached hydrogen (secondary N) is 2. The van der Waals surface area contributed by atoms with Gasteiger partial charge in [-0.15, -0.1) is 11.3 Å². The second-order valence-corrected chi connectivity index (χ2v) is 7.72. The van der Waals surface area contributed by atoms with Gasteiger partial charge in [0.25, 0.3) is 5.91 Å². The summed E-state index contributed by atoms with van der Waals surface area (Å²) in [6.45, 7) is 5.49. The van der Waals surface area contributed by atoms with E-state index in [1.165, 1.54) is 11.3 Å². The van der Waals surface area contributed by atoms with Gasteiger partial charge in [0.15, 0.2) is 0 Å². The van der Waals surface area contributed by atoms with Crippen LogP contribution in [0.1, 0.15) is 35.5 Å². The number of aryl methyl sites for hydroxylation is 1. The summed E-state index contributed by atoms with van der Waals surface area (Å²) < 4.78 is 0. The molecule has 0 aliphatic rings. The van der Waals surface area contributed by atoms with Crippen LogP contribution in [0.3, 0.4) is 0 Å². The van der Waals surface area contributed by atoms with Crippen molar-refractivity contribution in [3.8, 4) is 11.1 Å². The topological polar surface area (TPSA) is 95.5 Å². The number of thiophene rings is 1. The molecule has 2 amide bonds. The minimum Gasteiger partial charge on any atom is -0.480 e. The molecule has 0 unspecified atom stereocenters. The Bertz CT molecular complexity index is 812. The molecule has 0 saturated heterocycles. The Labute approximate surface area is 162 Å². The lowest BCUT2D eigenvalue weighted by Gasteiger charge is -2.16. The van der Waals surface area contributed by atoms with Gasteiger partial charge in [0, 0.05) is 5.56 Å². The molecule has 7 heteroatoms. The minimum absolute atomic E-state index is 0.129. The number of rotatable bonds is 8. The van der Waals surface area contributed by atoms with E-state index in [1.54, 1.807) is 0 Å². The lowest BCUT2D eigenvalue weighted by atomic mass is 10.0. The lowest BCUT2D eigenvalue weighted by Crippen LogP contribution is -2.46. The van der Waals surface area contributed by atoms with Gasteiger partial charge in [0.1, 0.15) is 6.04 Å². The Kier molecular flexibility index (Phi) is 7.12. The molecule has 0 radical (unpaired) electrons. The number of carbonyl (C=O) groups excluding carboxylic acids is 2. The summed E-state index contributed by atoms with van der Waals surface area (Å²) in [4.78, 5) is 36.2. The number of carboxylic acids is 1. The number of carbonyl (C=O) groups is 3. The Morgan fingerprint density at radius 1 is 1.11 bits per heavy atom. The van der Waals surface area contributed by atoms with Gasteiger partial charge in [-0.3, -0.25) is 9.59 Å². The molecule has 6 nitrogen and oxygen atoms in total. The van der Waals surface area contributed by atoms with Crippen molar-refractivity contribution in [3.63, 3.8) is 0 Å². The van der Waals surface area contributed by atoms with Crippen LogP contribution in [0, 0.1) is 12.8 Å². The van der Waals surface area contributed by atoms with Gasteiger partial charge in [-0.25, -0.2) is 4.79 Å². The molecule has 0 aliphatic heterocycles. The fourth-order valence-corrected chi connectivity index (χ4v) is 3.46. The van der Waals surface area contributed by atoms with E-state index in [0.29, 0.717) is 11.3 Å². The van der Waals surface area contributed by atoms with Crippen molar-refractivity contribution in [3.05, 3.63) is 46.2 Å². The van der Waals surface area contributed by atoms with E-state index < -0.39 is 17.9 Å². The second kappa shape index (κ2) is 9.32. The van der Waals surface area contributed by atoms with Crippen molar-refractivity contribution in [2.24, 2.45) is 5.92 Å². The van der Waals surface area contributed by atoms with Gasteiger partial charge >= 0.3 is 5.97 Å². The van der Waals surface area contributed by atoms with Crippen molar-refractivity contribution in [2.45, 2.75) is 33.2 Å². The quantitative estimate of drug-likeness (QED) is 0.648. The highest BCUT2D eigenvalue weighted by Crippen LogP contribution is 2.28. The van der Waals surface area contributed by atoms with Gasteiger partial charge in [0.2, 0.25) is 5.91 Å². The minimum atomic E-state index is -1.08. The molecule has 0 fully saturated rings. The van der Waals surface area contributed by atoms with Crippen LogP contribution in [-0.2, 0) is 9.59 Å². The molecule has 0 spiro atoms. The van der Waals surface area contributed by atoms with E-state index in [9.17, 15) is 19.5 Å². The average molecular weight is 388 g/mol. The molecule has 1 heterocycles. The molecule has 0 saturated carbocycles. The molecule has 1 aromatic heterocycles. The predicted molar refractivity (Wildman–Crippen MR) is 106 cm³/mol. The van der Waals surface area contributed by atoms with Crippen molar-refractivity contribution in [1.29, 1.82) is 0 Å². The summed E-state index contributed by atoms with van der Waals surface area (Å²) >= 11 is 1.30. The zero-order valence-corrected chi connectivity index (χ0v) is 16.4. The maximum atomic E-state index is 12.5. The Morgan fingerprint density at radius 3 is 2.37 bits per heavy atom. The standard InChI is InChI=1S/C20H24N2O4S/c1-12(2)10-16(20(25)26)22-17(23)11-21-19(24)18-15(8-9-27-18)14-6-4-13(3)5-7-14/h4-9,12,16H,10-11H2,1-3H3,(H,21,24)(H,22,23)(H,25,26)/t16-/m0/s1. The van der Waals surface area contributed by atoms with E-state index in [1.807, 2.05) is 56.5 Å². The van der Waals surface area contributed by atoms with Crippen LogP contribution in [0.5, 0.6) is 0 Å². The highest BCUT2D eigenvalue weighted by atomic mass is 32.1. The summed E-state index contributed by atoms with van der Waals surface area (Å²) in [5, 5.41) is 16.0. The average Bonchev–Trinajstić information content (AvgIpc) is 3.09. The second-order valence-electron chi connectivity index (χ2n) is 6.80. The van der Waals surface area contributed by atoms with Crippen LogP contribution in [0.15, 0.2) is 35.7 Å². The molecule has 144 valence electrons. The van der Waals surface area contributed by atoms with Gasteiger partial charge < -0.3 is 15.7 Å². The fraction of sp³-hybridized carbons (Fsp3) is 0.350. The maximum absolute atomic E-state index is 12.5. The van der Waals surface area contributed by atoms with E-state index in [0.717, 1.165) is 16.7 Å². The number of carboxylic acid groups (broad SMARTS) is 1. The summed E-state index contributed by atoms with van der Waals surface area (Å²) in [5.41, 5.74) is 2.87. The Hall–Kier alpha value is -2.67. The highest BCUT2D eigenvalue weighted by molar-refractivity contribution is 7.12. The van der Waals surface area contributed by atoms with E-state index >= 15 is 0 Å². The van der Waals surface area contributed by atoms with Crippen LogP contribution in [-0.4, -0.2) is 35.5 Å². The first-order valence-electron chi connectivity index (χ1n) is 8.72. The molecule has 0 bridgehead atoms. The molecule has 1 aromatic carbocycles. The van der Waals surface area contributed by atoms with Crippen molar-refractivity contribution >= 4 is 29.1 Å². The van der Waals surface area contributed by atoms with Crippen LogP contribution < -0.4 is 10.6 Å². The first-order valence-corrected chi connectivity index (χ1v) is 9.60. The number of aliphatic carboxylic acids is 1. The number of hydrogen-bond acceptors (Lipinski definition) is 4. The Morgan fingerprint density at radius 2 is 1.78 bits per heavy atom. The van der Waals surface area contributed by atoms with E-state index in [2.05, 4.69) is 10.6 Å². The van der Waals surface area contributed by atoms with Crippen molar-refractivity contribution in [1.82, 2.24) is 10.6 Å². The third kappa shape index (κ3) is 5.92. The number of hydrogen-bond donors (Lipinski definition) is 3.